The summed E-state index contributed by atoms with van der Waals surface area (Å²) in [5.41, 5.74) is 1.61. The van der Waals surface area contributed by atoms with Crippen LogP contribution in [0, 0.1) is 0 Å². The van der Waals surface area contributed by atoms with Crippen molar-refractivity contribution in [2.75, 3.05) is 0 Å². The summed E-state index contributed by atoms with van der Waals surface area (Å²) < 4.78 is 3.02. The predicted molar refractivity (Wildman–Crippen MR) is 81.9 cm³/mol. The highest BCUT2D eigenvalue weighted by molar-refractivity contribution is 9.10. The van der Waals surface area contributed by atoms with E-state index in [1.807, 2.05) is 41.2 Å². The summed E-state index contributed by atoms with van der Waals surface area (Å²) in [6.07, 6.45) is 7.39. The average molecular weight is 333 g/mol. The minimum atomic E-state index is 0.120. The maximum absolute atomic E-state index is 12.2. The second-order valence-electron chi connectivity index (χ2n) is 5.33. The molecule has 0 saturated heterocycles. The number of aromatic nitrogens is 2. The number of nitrogens with zero attached hydrogens (tertiary/aromatic N) is 2. The molecule has 1 aliphatic rings. The third-order valence-electron chi connectivity index (χ3n) is 3.87. The van der Waals surface area contributed by atoms with Gasteiger partial charge in [0.25, 0.3) is 0 Å². The zero-order valence-electron chi connectivity index (χ0n) is 11.3. The molecule has 0 N–H and O–H groups in total. The van der Waals surface area contributed by atoms with E-state index in [0.29, 0.717) is 12.5 Å². The van der Waals surface area contributed by atoms with Crippen molar-refractivity contribution in [1.82, 2.24) is 9.78 Å². The van der Waals surface area contributed by atoms with Crippen LogP contribution in [0.4, 0.5) is 0 Å². The van der Waals surface area contributed by atoms with Gasteiger partial charge in [-0.2, -0.15) is 5.10 Å². The molecule has 0 atom stereocenters. The molecule has 0 unspecified atom stereocenters. The van der Waals surface area contributed by atoms with Crippen LogP contribution in [-0.4, -0.2) is 15.6 Å². The molecule has 0 amide bonds. The van der Waals surface area contributed by atoms with Gasteiger partial charge in [-0.1, -0.05) is 40.9 Å². The molecule has 1 aromatic heterocycles. The molecule has 104 valence electrons. The summed E-state index contributed by atoms with van der Waals surface area (Å²) in [6, 6.07) is 9.98. The Hall–Kier alpha value is -1.42. The van der Waals surface area contributed by atoms with E-state index < -0.39 is 0 Å². The molecule has 1 heterocycles. The predicted octanol–water partition coefficient (Wildman–Crippen LogP) is 4.19. The van der Waals surface area contributed by atoms with Crippen molar-refractivity contribution >= 4 is 21.7 Å². The fourth-order valence-electron chi connectivity index (χ4n) is 2.75. The van der Waals surface area contributed by atoms with Crippen LogP contribution in [0.2, 0.25) is 0 Å². The van der Waals surface area contributed by atoms with Crippen LogP contribution in [-0.2, 0) is 6.42 Å². The fraction of sp³-hybridized carbons (Fsp3) is 0.375. The normalized spacial score (nSPS) is 15.7. The first-order valence-corrected chi connectivity index (χ1v) is 7.84. The highest BCUT2D eigenvalue weighted by Crippen LogP contribution is 2.28. The molecule has 0 bridgehead atoms. The smallest absolute Gasteiger partial charge is 0.168 e. The van der Waals surface area contributed by atoms with Gasteiger partial charge in [-0.05, 0) is 31.0 Å². The number of carbonyl (C=O) groups is 1. The lowest BCUT2D eigenvalue weighted by atomic mass is 10.1. The number of benzene rings is 1. The Morgan fingerprint density at radius 2 is 1.90 bits per heavy atom. The van der Waals surface area contributed by atoms with Gasteiger partial charge in [0.15, 0.2) is 5.78 Å². The van der Waals surface area contributed by atoms with Gasteiger partial charge in [-0.3, -0.25) is 9.48 Å². The summed E-state index contributed by atoms with van der Waals surface area (Å²) in [4.78, 5) is 12.2. The molecule has 3 rings (SSSR count). The molecular formula is C16H17BrN2O. The van der Waals surface area contributed by atoms with Crippen LogP contribution in [0.5, 0.6) is 0 Å². The summed E-state index contributed by atoms with van der Waals surface area (Å²) in [6.45, 7) is 0. The minimum Gasteiger partial charge on any atom is -0.294 e. The molecule has 1 aliphatic carbocycles. The van der Waals surface area contributed by atoms with Gasteiger partial charge < -0.3 is 0 Å². The van der Waals surface area contributed by atoms with Gasteiger partial charge in [0.2, 0.25) is 0 Å². The summed E-state index contributed by atoms with van der Waals surface area (Å²) in [5, 5.41) is 4.56. The number of carbonyl (C=O) groups excluding carboxylic acids is 1. The van der Waals surface area contributed by atoms with Crippen LogP contribution in [0.3, 0.4) is 0 Å². The van der Waals surface area contributed by atoms with Crippen LogP contribution in [0.25, 0.3) is 0 Å². The largest absolute Gasteiger partial charge is 0.294 e. The van der Waals surface area contributed by atoms with Crippen molar-refractivity contribution in [3.8, 4) is 0 Å². The summed E-state index contributed by atoms with van der Waals surface area (Å²) in [7, 11) is 0. The second-order valence-corrected chi connectivity index (χ2v) is 6.25. The topological polar surface area (TPSA) is 34.9 Å². The number of hydrogen-bond donors (Lipinski definition) is 0. The number of halogens is 1. The SMILES string of the molecule is O=C(Cc1ccn(C2CCCC2)n1)c1ccc(Br)cc1. The maximum Gasteiger partial charge on any atom is 0.168 e. The monoisotopic (exact) mass is 332 g/mol. The van der Waals surface area contributed by atoms with Crippen LogP contribution >= 0.6 is 15.9 Å². The Bertz CT molecular complexity index is 597. The molecule has 1 saturated carbocycles. The molecule has 20 heavy (non-hydrogen) atoms. The third kappa shape index (κ3) is 3.01. The number of rotatable bonds is 4. The van der Waals surface area contributed by atoms with Crippen LogP contribution in [0.1, 0.15) is 47.8 Å². The first kappa shape index (κ1) is 13.6. The summed E-state index contributed by atoms with van der Waals surface area (Å²) in [5.74, 6) is 0.120. The Morgan fingerprint density at radius 3 is 2.60 bits per heavy atom. The zero-order chi connectivity index (χ0) is 13.9. The van der Waals surface area contributed by atoms with Gasteiger partial charge in [-0.25, -0.2) is 0 Å². The van der Waals surface area contributed by atoms with Crippen molar-refractivity contribution in [1.29, 1.82) is 0 Å². The van der Waals surface area contributed by atoms with Gasteiger partial charge in [-0.15, -0.1) is 0 Å². The molecule has 2 aromatic rings. The molecule has 4 heteroatoms. The van der Waals surface area contributed by atoms with E-state index in [0.717, 1.165) is 15.7 Å². The van der Waals surface area contributed by atoms with Gasteiger partial charge in [0.05, 0.1) is 18.2 Å². The average Bonchev–Trinajstić information content (AvgIpc) is 3.09. The lowest BCUT2D eigenvalue weighted by molar-refractivity contribution is 0.0991. The van der Waals surface area contributed by atoms with E-state index in [1.165, 1.54) is 25.7 Å². The van der Waals surface area contributed by atoms with E-state index in [1.54, 1.807) is 0 Å². The first-order valence-electron chi connectivity index (χ1n) is 7.05. The Kier molecular flexibility index (Phi) is 4.01. The first-order chi connectivity index (χ1) is 9.72. The Balaban J connectivity index is 1.68. The second kappa shape index (κ2) is 5.92. The molecular weight excluding hydrogens is 316 g/mol. The molecule has 0 spiro atoms. The molecule has 1 aromatic carbocycles. The van der Waals surface area contributed by atoms with Crippen molar-refractivity contribution in [3.05, 3.63) is 52.3 Å². The summed E-state index contributed by atoms with van der Waals surface area (Å²) >= 11 is 3.38. The van der Waals surface area contributed by atoms with E-state index in [9.17, 15) is 4.79 Å². The number of hydrogen-bond acceptors (Lipinski definition) is 2. The zero-order valence-corrected chi connectivity index (χ0v) is 12.8. The highest BCUT2D eigenvalue weighted by Gasteiger charge is 2.18. The van der Waals surface area contributed by atoms with Crippen LogP contribution < -0.4 is 0 Å². The molecule has 0 aliphatic heterocycles. The standard InChI is InChI=1S/C16H17BrN2O/c17-13-7-5-12(6-8-13)16(20)11-14-9-10-19(18-14)15-3-1-2-4-15/h5-10,15H,1-4,11H2. The highest BCUT2D eigenvalue weighted by atomic mass is 79.9. The minimum absolute atomic E-state index is 0.120. The number of ketones is 1. The quantitative estimate of drug-likeness (QED) is 0.787. The van der Waals surface area contributed by atoms with Crippen molar-refractivity contribution in [2.45, 2.75) is 38.1 Å². The molecule has 3 nitrogen and oxygen atoms in total. The Morgan fingerprint density at radius 1 is 1.20 bits per heavy atom. The third-order valence-corrected chi connectivity index (χ3v) is 4.40. The maximum atomic E-state index is 12.2. The van der Waals surface area contributed by atoms with E-state index >= 15 is 0 Å². The van der Waals surface area contributed by atoms with E-state index in [2.05, 4.69) is 21.0 Å². The van der Waals surface area contributed by atoms with E-state index in [-0.39, 0.29) is 5.78 Å². The van der Waals surface area contributed by atoms with Gasteiger partial charge in [0, 0.05) is 16.2 Å². The van der Waals surface area contributed by atoms with Crippen molar-refractivity contribution in [2.24, 2.45) is 0 Å². The molecule has 1 fully saturated rings. The van der Waals surface area contributed by atoms with Gasteiger partial charge in [0.1, 0.15) is 0 Å². The van der Waals surface area contributed by atoms with Crippen molar-refractivity contribution < 1.29 is 4.79 Å². The number of Topliss-reactive ketones (excluding diaryl/α,β-unsaturated/α-hetero) is 1. The van der Waals surface area contributed by atoms with Crippen LogP contribution in [0.15, 0.2) is 41.0 Å². The van der Waals surface area contributed by atoms with Crippen molar-refractivity contribution in [3.63, 3.8) is 0 Å². The lowest BCUT2D eigenvalue weighted by Gasteiger charge is -2.08. The lowest BCUT2D eigenvalue weighted by Crippen LogP contribution is -2.08. The van der Waals surface area contributed by atoms with E-state index in [4.69, 9.17) is 0 Å². The Labute approximate surface area is 127 Å². The fourth-order valence-corrected chi connectivity index (χ4v) is 3.01. The molecule has 0 radical (unpaired) electrons. The van der Waals surface area contributed by atoms with Gasteiger partial charge >= 0.3 is 0 Å².